The summed E-state index contributed by atoms with van der Waals surface area (Å²) in [6.07, 6.45) is 29.6. The van der Waals surface area contributed by atoms with Crippen LogP contribution >= 0.6 is 22.7 Å². The maximum atomic E-state index is 10.4. The van der Waals surface area contributed by atoms with Crippen molar-refractivity contribution in [2.24, 2.45) is 0 Å². The van der Waals surface area contributed by atoms with Crippen LogP contribution in [0.15, 0.2) is 130 Å². The number of unbranched alkanes of at least 4 members (excludes halogenated alkanes) is 4. The fourth-order valence-corrected chi connectivity index (χ4v) is 10.5. The summed E-state index contributed by atoms with van der Waals surface area (Å²) in [6.45, 7) is 30.8. The summed E-state index contributed by atoms with van der Waals surface area (Å²) in [7, 11) is 3.45. The highest BCUT2D eigenvalue weighted by atomic mass is 32.1. The molecule has 90 heavy (non-hydrogen) atoms. The fraction of sp³-hybridized carbons (Fsp3) is 0.361. The standard InChI is InChI=1S/C35H38N4O2S.C24H31NO2S.C11H9N3O.C2H4O2.H3N/c1-7-9-21-39(22-10-8-2)28-17-15-26(32(23-28)40-6)16-18-30-20-19-29(42-30)13-11-12-14-31-33(38-5)34(27(24-36)25-37)41-35(31,3)4;1-4-6-16-25(17-7-5-2)21-12-10-20(24(19-21)27-3)11-13-23-15-14-22(28-23)9-8-18-26;1-7-9(6-14)10(8(4-12)5-13)15-11(7,2)3;1-2(3)4;/h11-20,23H,7-10,21-22H2,1-4,6H3;8-15,18-19H,4-7,16-17H2,1-3H3;1-3H3;1H3,(H,3,4);1H3/b13-11+,14-12+,18-16+;9-8+,13-11+;;;. The van der Waals surface area contributed by atoms with Gasteiger partial charge in [-0.05, 0) is 157 Å². The first kappa shape index (κ1) is 76.4. The Morgan fingerprint density at radius 3 is 1.36 bits per heavy atom. The van der Waals surface area contributed by atoms with Crippen LogP contribution in [-0.4, -0.2) is 69.0 Å². The third-order valence-electron chi connectivity index (χ3n) is 13.9. The quantitative estimate of drug-likeness (QED) is 0.0206. The minimum absolute atomic E-state index is 0. The molecule has 18 heteroatoms. The Hall–Kier alpha value is -9.66. The molecule has 2 aliphatic heterocycles. The molecule has 0 saturated carbocycles. The van der Waals surface area contributed by atoms with Gasteiger partial charge in [0.05, 0.1) is 26.4 Å². The lowest BCUT2D eigenvalue weighted by atomic mass is 9.97. The summed E-state index contributed by atoms with van der Waals surface area (Å²) < 4.78 is 22.7. The van der Waals surface area contributed by atoms with E-state index < -0.39 is 17.2 Å². The highest BCUT2D eigenvalue weighted by molar-refractivity contribution is 7.14. The van der Waals surface area contributed by atoms with Crippen molar-refractivity contribution in [3.8, 4) is 41.8 Å². The van der Waals surface area contributed by atoms with Gasteiger partial charge in [0.1, 0.15) is 59.3 Å². The van der Waals surface area contributed by atoms with Gasteiger partial charge in [0.2, 0.25) is 5.70 Å². The molecule has 6 rings (SSSR count). The molecular formula is C72H85N9O7S2. The number of aldehydes is 1. The number of nitriles is 5. The summed E-state index contributed by atoms with van der Waals surface area (Å²) >= 11 is 3.32. The SMILES string of the molecule is CC(=O)O.CC1=C(C#N)C(=C(C#N)C#N)OC1(C)C.CCCCN(CCCC)c1ccc(/C=C/c2ccc(/C=C/C=O)s2)c(OC)c1.N.[C-]#[N+]C1=C(/C=C/C=C/c2ccc(/C=C/c3ccc(N(CCCC)CCCC)cc3OC)s2)C(C)(C)OC1=C(C#N)C#N. The molecule has 0 amide bonds. The maximum Gasteiger partial charge on any atom is 0.300 e. The fourth-order valence-electron chi connectivity index (χ4n) is 8.82. The molecule has 0 bridgehead atoms. The number of hydrogen-bond acceptors (Lipinski definition) is 16. The van der Waals surface area contributed by atoms with E-state index in [2.05, 4.69) is 121 Å². The minimum atomic E-state index is -0.833. The second kappa shape index (κ2) is 40.0. The van der Waals surface area contributed by atoms with Crippen molar-refractivity contribution in [3.63, 3.8) is 0 Å². The molecule has 472 valence electrons. The van der Waals surface area contributed by atoms with Gasteiger partial charge in [-0.15, -0.1) is 22.7 Å². The Bertz CT molecular complexity index is 3570. The van der Waals surface area contributed by atoms with E-state index in [-0.39, 0.29) is 40.1 Å². The lowest BCUT2D eigenvalue weighted by Crippen LogP contribution is -2.25. The minimum Gasteiger partial charge on any atom is -0.496 e. The zero-order valence-corrected chi connectivity index (χ0v) is 55.7. The Labute approximate surface area is 541 Å². The van der Waals surface area contributed by atoms with Gasteiger partial charge >= 0.3 is 0 Å². The van der Waals surface area contributed by atoms with Crippen LogP contribution in [0, 0.1) is 63.2 Å². The van der Waals surface area contributed by atoms with Crippen LogP contribution in [0.25, 0.3) is 41.3 Å². The average molecular weight is 1250 g/mol. The number of carbonyl (C=O) groups is 2. The third-order valence-corrected chi connectivity index (χ3v) is 15.9. The van der Waals surface area contributed by atoms with E-state index in [0.717, 1.165) is 87.1 Å². The lowest BCUT2D eigenvalue weighted by Gasteiger charge is -2.25. The Kier molecular flexibility index (Phi) is 34.0. The third kappa shape index (κ3) is 23.5. The van der Waals surface area contributed by atoms with Gasteiger partial charge < -0.3 is 40.0 Å². The Morgan fingerprint density at radius 2 is 0.989 bits per heavy atom. The van der Waals surface area contributed by atoms with Gasteiger partial charge in [-0.25, -0.2) is 4.85 Å². The molecule has 16 nitrogen and oxygen atoms in total. The smallest absolute Gasteiger partial charge is 0.300 e. The number of methoxy groups -OCH3 is 2. The molecule has 0 radical (unpaired) electrons. The van der Waals surface area contributed by atoms with Crippen molar-refractivity contribution >= 4 is 82.8 Å². The molecule has 2 aromatic carbocycles. The first-order valence-corrected chi connectivity index (χ1v) is 31.2. The van der Waals surface area contributed by atoms with Crippen molar-refractivity contribution in [1.29, 1.82) is 26.3 Å². The van der Waals surface area contributed by atoms with Crippen molar-refractivity contribution in [2.45, 2.75) is 132 Å². The topological polar surface area (TPSA) is 256 Å². The number of benzene rings is 2. The van der Waals surface area contributed by atoms with E-state index in [1.807, 2.05) is 62.4 Å². The van der Waals surface area contributed by atoms with Gasteiger partial charge in [-0.3, -0.25) is 9.59 Å². The normalized spacial score (nSPS) is 13.4. The molecule has 4 aromatic rings. The maximum absolute atomic E-state index is 10.4. The number of ether oxygens (including phenoxy) is 4. The van der Waals surface area contributed by atoms with Crippen LogP contribution in [0.5, 0.6) is 11.5 Å². The van der Waals surface area contributed by atoms with Crippen molar-refractivity contribution in [1.82, 2.24) is 6.15 Å². The second-order valence-corrected chi connectivity index (χ2v) is 23.5. The van der Waals surface area contributed by atoms with Crippen LogP contribution in [0.2, 0.25) is 0 Å². The predicted octanol–water partition coefficient (Wildman–Crippen LogP) is 17.9. The zero-order valence-electron chi connectivity index (χ0n) is 54.1. The monoisotopic (exact) mass is 1250 g/mol. The molecule has 4 N–H and O–H groups in total. The first-order chi connectivity index (χ1) is 42.7. The summed E-state index contributed by atoms with van der Waals surface area (Å²) in [5.41, 5.74) is 4.61. The molecule has 0 fully saturated rings. The number of thiophene rings is 2. The van der Waals surface area contributed by atoms with Gasteiger partial charge in [-0.1, -0.05) is 71.6 Å². The molecule has 0 unspecified atom stereocenters. The van der Waals surface area contributed by atoms with E-state index in [4.69, 9.17) is 51.2 Å². The van der Waals surface area contributed by atoms with E-state index in [1.165, 1.54) is 68.8 Å². The largest absolute Gasteiger partial charge is 0.496 e. The summed E-state index contributed by atoms with van der Waals surface area (Å²) in [6, 6.07) is 30.2. The molecule has 2 aliphatic rings. The van der Waals surface area contributed by atoms with Crippen LogP contribution in [0.1, 0.15) is 151 Å². The van der Waals surface area contributed by atoms with Crippen LogP contribution in [0.3, 0.4) is 0 Å². The second-order valence-electron chi connectivity index (χ2n) is 21.2. The number of aliphatic carboxylic acids is 1. The molecule has 0 aliphatic carbocycles. The number of carboxylic acids is 1. The van der Waals surface area contributed by atoms with Crippen LogP contribution < -0.4 is 25.4 Å². The number of carbonyl (C=O) groups excluding carboxylic acids is 1. The summed E-state index contributed by atoms with van der Waals surface area (Å²) in [5, 5.41) is 52.2. The molecule has 0 saturated heterocycles. The molecule has 2 aromatic heterocycles. The highest BCUT2D eigenvalue weighted by Crippen LogP contribution is 2.42. The molecule has 0 spiro atoms. The highest BCUT2D eigenvalue weighted by Gasteiger charge is 2.39. The summed E-state index contributed by atoms with van der Waals surface area (Å²) in [4.78, 5) is 32.3. The van der Waals surface area contributed by atoms with E-state index in [0.29, 0.717) is 5.57 Å². The molecule has 0 atom stereocenters. The number of anilines is 2. The van der Waals surface area contributed by atoms with Gasteiger partial charge in [-0.2, -0.15) is 26.3 Å². The van der Waals surface area contributed by atoms with E-state index >= 15 is 0 Å². The van der Waals surface area contributed by atoms with Gasteiger partial charge in [0.25, 0.3) is 5.97 Å². The lowest BCUT2D eigenvalue weighted by molar-refractivity contribution is -0.134. The van der Waals surface area contributed by atoms with Crippen molar-refractivity contribution in [3.05, 3.63) is 172 Å². The number of nitrogens with zero attached hydrogens (tertiary/aromatic N) is 8. The number of carboxylic acid groups (broad SMARTS) is 1. The van der Waals surface area contributed by atoms with E-state index in [9.17, 15) is 15.3 Å². The molecule has 4 heterocycles. The first-order valence-electron chi connectivity index (χ1n) is 29.5. The molecular weight excluding hydrogens is 1170 g/mol. The van der Waals surface area contributed by atoms with Crippen LogP contribution in [-0.2, 0) is 19.1 Å². The number of rotatable bonds is 25. The number of hydrogen-bond donors (Lipinski definition) is 2. The van der Waals surface area contributed by atoms with Gasteiger partial charge in [0.15, 0.2) is 22.7 Å². The Morgan fingerprint density at radius 1 is 0.611 bits per heavy atom. The average Bonchev–Trinajstić information content (AvgIpc) is 1.76. The van der Waals surface area contributed by atoms with Crippen molar-refractivity contribution in [2.75, 3.05) is 50.2 Å². The Balaban J connectivity index is 0.000000491. The summed E-state index contributed by atoms with van der Waals surface area (Å²) in [5.74, 6) is 1.08. The number of allylic oxidation sites excluding steroid dienone is 6. The van der Waals surface area contributed by atoms with Crippen molar-refractivity contribution < 1.29 is 33.6 Å². The predicted molar refractivity (Wildman–Crippen MR) is 367 cm³/mol. The van der Waals surface area contributed by atoms with Gasteiger partial charge in [0, 0.05) is 92.8 Å². The zero-order chi connectivity index (χ0) is 65.9. The van der Waals surface area contributed by atoms with Crippen LogP contribution in [0.4, 0.5) is 11.4 Å². The van der Waals surface area contributed by atoms with E-state index in [1.54, 1.807) is 75.9 Å².